The summed E-state index contributed by atoms with van der Waals surface area (Å²) >= 11 is 0. The Morgan fingerprint density at radius 1 is 1.00 bits per heavy atom. The molecule has 0 atom stereocenters. The fraction of sp³-hybridized carbons (Fsp3) is 0.222. The van der Waals surface area contributed by atoms with Crippen LogP contribution in [0.4, 0.5) is 0 Å². The highest BCUT2D eigenvalue weighted by atomic mass is 16.5. The Bertz CT molecular complexity index is 1400. The average molecular weight is 440 g/mol. The monoisotopic (exact) mass is 439 g/mol. The predicted molar refractivity (Wildman–Crippen MR) is 129 cm³/mol. The quantitative estimate of drug-likeness (QED) is 0.472. The Morgan fingerprint density at radius 3 is 2.36 bits per heavy atom. The van der Waals surface area contributed by atoms with E-state index in [1.165, 1.54) is 6.07 Å². The van der Waals surface area contributed by atoms with Crippen LogP contribution in [0.3, 0.4) is 0 Å². The van der Waals surface area contributed by atoms with Gasteiger partial charge in [0.1, 0.15) is 5.60 Å². The van der Waals surface area contributed by atoms with Crippen molar-refractivity contribution in [1.29, 1.82) is 0 Å². The fourth-order valence-corrected chi connectivity index (χ4v) is 4.99. The maximum Gasteiger partial charge on any atom is 0.293 e. The zero-order chi connectivity index (χ0) is 23.2. The van der Waals surface area contributed by atoms with Crippen LogP contribution >= 0.6 is 0 Å². The van der Waals surface area contributed by atoms with Crippen molar-refractivity contribution < 1.29 is 9.53 Å². The molecule has 2 heterocycles. The number of aromatic nitrogens is 2. The minimum absolute atomic E-state index is 0.0697. The second kappa shape index (κ2) is 7.67. The van der Waals surface area contributed by atoms with Crippen LogP contribution in [-0.2, 0) is 22.1 Å². The Morgan fingerprint density at radius 2 is 1.70 bits per heavy atom. The summed E-state index contributed by atoms with van der Waals surface area (Å²) in [6.07, 6.45) is 1.16. The SMILES string of the molecule is Cn1c(=O)ccc2nc(-c3ccc(C4(N)CC(C)(OC=O)C4)cc3)c(-c3ccccc3)cc21. The van der Waals surface area contributed by atoms with Gasteiger partial charge >= 0.3 is 0 Å². The van der Waals surface area contributed by atoms with Crippen molar-refractivity contribution in [2.75, 3.05) is 0 Å². The molecule has 4 aromatic rings. The van der Waals surface area contributed by atoms with Crippen molar-refractivity contribution in [2.45, 2.75) is 30.9 Å². The first-order valence-corrected chi connectivity index (χ1v) is 10.9. The van der Waals surface area contributed by atoms with E-state index in [9.17, 15) is 9.59 Å². The number of nitrogens with zero attached hydrogens (tertiary/aromatic N) is 2. The molecule has 0 unspecified atom stereocenters. The van der Waals surface area contributed by atoms with Gasteiger partial charge in [-0.3, -0.25) is 9.59 Å². The van der Waals surface area contributed by atoms with Crippen molar-refractivity contribution in [3.05, 3.63) is 88.7 Å². The number of carbonyl (C=O) groups excluding carboxylic acids is 1. The van der Waals surface area contributed by atoms with Crippen molar-refractivity contribution in [1.82, 2.24) is 9.55 Å². The number of nitrogens with two attached hydrogens (primary N) is 1. The number of fused-ring (bicyclic) bond motifs is 1. The van der Waals surface area contributed by atoms with Gasteiger partial charge in [0.15, 0.2) is 0 Å². The highest BCUT2D eigenvalue weighted by Gasteiger charge is 2.52. The van der Waals surface area contributed by atoms with Gasteiger partial charge in [0.2, 0.25) is 0 Å². The van der Waals surface area contributed by atoms with Crippen LogP contribution in [0.15, 0.2) is 77.6 Å². The molecule has 0 spiro atoms. The molecule has 2 aromatic carbocycles. The second-order valence-electron chi connectivity index (χ2n) is 9.14. The zero-order valence-corrected chi connectivity index (χ0v) is 18.6. The lowest BCUT2D eigenvalue weighted by Gasteiger charge is -2.51. The molecule has 0 saturated heterocycles. The number of benzene rings is 2. The summed E-state index contributed by atoms with van der Waals surface area (Å²) in [5.74, 6) is 0. The van der Waals surface area contributed by atoms with Gasteiger partial charge in [-0.15, -0.1) is 0 Å². The van der Waals surface area contributed by atoms with E-state index in [1.54, 1.807) is 17.7 Å². The third kappa shape index (κ3) is 3.62. The molecule has 0 amide bonds. The first-order valence-electron chi connectivity index (χ1n) is 10.9. The summed E-state index contributed by atoms with van der Waals surface area (Å²) in [6, 6.07) is 23.5. The maximum absolute atomic E-state index is 12.2. The largest absolute Gasteiger partial charge is 0.461 e. The third-order valence-corrected chi connectivity index (χ3v) is 6.64. The molecular weight excluding hydrogens is 414 g/mol. The molecule has 5 rings (SSSR count). The lowest BCUT2D eigenvalue weighted by atomic mass is 9.63. The highest BCUT2D eigenvalue weighted by molar-refractivity contribution is 5.90. The van der Waals surface area contributed by atoms with E-state index in [2.05, 4.69) is 0 Å². The van der Waals surface area contributed by atoms with Crippen LogP contribution in [0, 0.1) is 0 Å². The van der Waals surface area contributed by atoms with E-state index in [-0.39, 0.29) is 5.56 Å². The van der Waals surface area contributed by atoms with E-state index in [0.717, 1.165) is 39.0 Å². The van der Waals surface area contributed by atoms with Crippen molar-refractivity contribution in [2.24, 2.45) is 12.8 Å². The van der Waals surface area contributed by atoms with E-state index in [1.807, 2.05) is 67.6 Å². The molecule has 0 bridgehead atoms. The van der Waals surface area contributed by atoms with Gasteiger partial charge in [-0.25, -0.2) is 4.98 Å². The van der Waals surface area contributed by atoms with Crippen molar-refractivity contribution >= 4 is 17.5 Å². The van der Waals surface area contributed by atoms with Crippen molar-refractivity contribution in [3.8, 4) is 22.4 Å². The molecule has 6 nitrogen and oxygen atoms in total. The normalized spacial score (nSPS) is 22.0. The standard InChI is InChI=1S/C27H25N3O3/c1-26(33-17-31)15-27(28,16-26)20-10-8-19(9-11-20)25-21(18-6-4-3-5-7-18)14-23-22(29-25)12-13-24(32)30(23)2/h3-14,17H,15-16,28H2,1-2H3. The van der Waals surface area contributed by atoms with Gasteiger partial charge in [-0.2, -0.15) is 0 Å². The molecule has 1 aliphatic rings. The van der Waals surface area contributed by atoms with Crippen molar-refractivity contribution in [3.63, 3.8) is 0 Å². The smallest absolute Gasteiger partial charge is 0.293 e. The Kier molecular flexibility index (Phi) is 4.91. The molecule has 1 fully saturated rings. The molecular formula is C27H25N3O3. The summed E-state index contributed by atoms with van der Waals surface area (Å²) in [4.78, 5) is 27.9. The number of hydrogen-bond donors (Lipinski definition) is 1. The Labute approximate surface area is 191 Å². The molecule has 2 aromatic heterocycles. The Hall–Kier alpha value is -3.77. The summed E-state index contributed by atoms with van der Waals surface area (Å²) in [5.41, 5.74) is 11.8. The molecule has 1 aliphatic carbocycles. The maximum atomic E-state index is 12.2. The van der Waals surface area contributed by atoms with Crippen LogP contribution in [0.2, 0.25) is 0 Å². The molecule has 1 saturated carbocycles. The van der Waals surface area contributed by atoms with E-state index in [4.69, 9.17) is 15.5 Å². The van der Waals surface area contributed by atoms with Crippen LogP contribution in [-0.4, -0.2) is 21.6 Å². The highest BCUT2D eigenvalue weighted by Crippen LogP contribution is 2.48. The molecule has 33 heavy (non-hydrogen) atoms. The van der Waals surface area contributed by atoms with E-state index < -0.39 is 11.1 Å². The summed E-state index contributed by atoms with van der Waals surface area (Å²) < 4.78 is 6.82. The minimum Gasteiger partial charge on any atom is -0.461 e. The molecule has 166 valence electrons. The zero-order valence-electron chi connectivity index (χ0n) is 18.6. The second-order valence-corrected chi connectivity index (χ2v) is 9.14. The summed E-state index contributed by atoms with van der Waals surface area (Å²) in [5, 5.41) is 0. The molecule has 6 heteroatoms. The topological polar surface area (TPSA) is 87.2 Å². The van der Waals surface area contributed by atoms with Crippen LogP contribution in [0.1, 0.15) is 25.3 Å². The number of aryl methyl sites for hydroxylation is 1. The number of carbonyl (C=O) groups is 1. The molecule has 0 radical (unpaired) electrons. The lowest BCUT2D eigenvalue weighted by Crippen LogP contribution is -2.59. The Balaban J connectivity index is 1.59. The number of rotatable bonds is 5. The fourth-order valence-electron chi connectivity index (χ4n) is 4.99. The first-order chi connectivity index (χ1) is 15.8. The number of pyridine rings is 2. The van der Waals surface area contributed by atoms with Gasteiger partial charge in [0.05, 0.1) is 16.7 Å². The number of hydrogen-bond acceptors (Lipinski definition) is 5. The van der Waals surface area contributed by atoms with Crippen LogP contribution in [0.5, 0.6) is 0 Å². The lowest BCUT2D eigenvalue weighted by molar-refractivity contribution is -0.159. The first kappa shape index (κ1) is 21.1. The van der Waals surface area contributed by atoms with Gasteiger partial charge in [-0.05, 0) is 30.2 Å². The van der Waals surface area contributed by atoms with E-state index in [0.29, 0.717) is 19.3 Å². The van der Waals surface area contributed by atoms with Gasteiger partial charge < -0.3 is 15.0 Å². The molecule has 2 N–H and O–H groups in total. The van der Waals surface area contributed by atoms with Crippen LogP contribution in [0.25, 0.3) is 33.4 Å². The summed E-state index contributed by atoms with van der Waals surface area (Å²) in [6.45, 7) is 2.40. The third-order valence-electron chi connectivity index (χ3n) is 6.64. The van der Waals surface area contributed by atoms with Crippen LogP contribution < -0.4 is 11.3 Å². The minimum atomic E-state index is -0.520. The van der Waals surface area contributed by atoms with Gasteiger partial charge in [0, 0.05) is 42.6 Å². The number of ether oxygens (including phenoxy) is 1. The van der Waals surface area contributed by atoms with Gasteiger partial charge in [0.25, 0.3) is 12.0 Å². The predicted octanol–water partition coefficient (Wildman–Crippen LogP) is 4.15. The van der Waals surface area contributed by atoms with E-state index >= 15 is 0 Å². The van der Waals surface area contributed by atoms with Gasteiger partial charge in [-0.1, -0.05) is 54.6 Å². The average Bonchev–Trinajstić information content (AvgIpc) is 2.81. The summed E-state index contributed by atoms with van der Waals surface area (Å²) in [7, 11) is 1.76. The molecule has 0 aliphatic heterocycles.